The molecule has 0 N–H and O–H groups in total. The molecule has 0 fully saturated rings. The number of carbonyl (C=O) groups excluding carboxylic acids is 2. The van der Waals surface area contributed by atoms with Gasteiger partial charge >= 0.3 is 5.97 Å². The molecule has 5 nitrogen and oxygen atoms in total. The van der Waals surface area contributed by atoms with E-state index < -0.39 is 15.8 Å². The largest absolute Gasteiger partial charge is 0.423 e. The van der Waals surface area contributed by atoms with Crippen molar-refractivity contribution in [2.45, 2.75) is 9.79 Å². The first-order chi connectivity index (χ1) is 12.5. The summed E-state index contributed by atoms with van der Waals surface area (Å²) in [5.74, 6) is -0.728. The first-order valence-corrected chi connectivity index (χ1v) is 9.27. The fraction of sp³-hybridized carbons (Fsp3) is 0. The molecular weight excluding hydrogens is 352 g/mol. The molecule has 0 radical (unpaired) electrons. The number of rotatable bonds is 2. The van der Waals surface area contributed by atoms with E-state index in [1.165, 1.54) is 30.3 Å². The Kier molecular flexibility index (Phi) is 3.70. The third kappa shape index (κ3) is 2.51. The summed E-state index contributed by atoms with van der Waals surface area (Å²) in [5, 5.41) is 0. The molecule has 0 amide bonds. The summed E-state index contributed by atoms with van der Waals surface area (Å²) >= 11 is 0. The Morgan fingerprint density at radius 1 is 0.769 bits per heavy atom. The number of sulfone groups is 1. The predicted octanol–water partition coefficient (Wildman–Crippen LogP) is 3.28. The van der Waals surface area contributed by atoms with Crippen LogP contribution in [0.25, 0.3) is 0 Å². The maximum Gasteiger partial charge on any atom is 0.343 e. The van der Waals surface area contributed by atoms with Crippen LogP contribution in [0.15, 0.2) is 82.6 Å². The quantitative estimate of drug-likeness (QED) is 0.403. The highest BCUT2D eigenvalue weighted by atomic mass is 32.2. The lowest BCUT2D eigenvalue weighted by atomic mass is 10.0. The zero-order valence-electron chi connectivity index (χ0n) is 13.4. The van der Waals surface area contributed by atoms with E-state index in [4.69, 9.17) is 4.74 Å². The number of esters is 1. The predicted molar refractivity (Wildman–Crippen MR) is 93.2 cm³/mol. The second-order valence-corrected chi connectivity index (χ2v) is 7.63. The number of benzene rings is 3. The second kappa shape index (κ2) is 5.93. The molecule has 6 heteroatoms. The lowest BCUT2D eigenvalue weighted by molar-refractivity contribution is 0.0734. The van der Waals surface area contributed by atoms with Gasteiger partial charge in [0.1, 0.15) is 5.75 Å². The third-order valence-corrected chi connectivity index (χ3v) is 5.98. The van der Waals surface area contributed by atoms with Crippen LogP contribution in [0.1, 0.15) is 26.3 Å². The summed E-state index contributed by atoms with van der Waals surface area (Å²) in [5.41, 5.74) is 0.253. The normalized spacial score (nSPS) is 14.2. The van der Waals surface area contributed by atoms with Gasteiger partial charge in [0.05, 0.1) is 15.4 Å². The van der Waals surface area contributed by atoms with Gasteiger partial charge in [0.2, 0.25) is 9.84 Å². The standard InChI is InChI=1S/C20H12O5S/c21-19-15-8-4-5-9-17(15)26(23,24)18-12-13(10-11-16(18)19)20(22)25-14-6-2-1-3-7-14/h1-12H. The highest BCUT2D eigenvalue weighted by Gasteiger charge is 2.35. The summed E-state index contributed by atoms with van der Waals surface area (Å²) in [6, 6.07) is 18.4. The van der Waals surface area contributed by atoms with Crippen molar-refractivity contribution in [3.8, 4) is 5.75 Å². The third-order valence-electron chi connectivity index (χ3n) is 4.13. The van der Waals surface area contributed by atoms with Crippen LogP contribution in [0.2, 0.25) is 0 Å². The Bertz CT molecular complexity index is 1150. The van der Waals surface area contributed by atoms with Crippen LogP contribution >= 0.6 is 0 Å². The maximum absolute atomic E-state index is 12.9. The van der Waals surface area contributed by atoms with E-state index in [-0.39, 0.29) is 32.3 Å². The topological polar surface area (TPSA) is 77.5 Å². The summed E-state index contributed by atoms with van der Waals surface area (Å²) in [4.78, 5) is 24.7. The van der Waals surface area contributed by atoms with Gasteiger partial charge in [-0.05, 0) is 42.5 Å². The molecule has 0 saturated heterocycles. The van der Waals surface area contributed by atoms with E-state index in [0.29, 0.717) is 5.75 Å². The van der Waals surface area contributed by atoms with E-state index >= 15 is 0 Å². The fourth-order valence-corrected chi connectivity index (χ4v) is 4.54. The van der Waals surface area contributed by atoms with E-state index in [2.05, 4.69) is 0 Å². The molecule has 0 atom stereocenters. The molecule has 4 rings (SSSR count). The molecule has 0 spiro atoms. The van der Waals surface area contributed by atoms with Crippen LogP contribution in [0.4, 0.5) is 0 Å². The maximum atomic E-state index is 12.9. The zero-order valence-corrected chi connectivity index (χ0v) is 14.2. The summed E-state index contributed by atoms with van der Waals surface area (Å²) < 4.78 is 31.0. The highest BCUT2D eigenvalue weighted by molar-refractivity contribution is 7.91. The first kappa shape index (κ1) is 16.2. The van der Waals surface area contributed by atoms with Crippen molar-refractivity contribution < 1.29 is 22.7 Å². The molecule has 1 aliphatic heterocycles. The van der Waals surface area contributed by atoms with Gasteiger partial charge in [0, 0.05) is 11.1 Å². The van der Waals surface area contributed by atoms with Crippen molar-refractivity contribution >= 4 is 21.6 Å². The van der Waals surface area contributed by atoms with Gasteiger partial charge in [0.15, 0.2) is 5.78 Å². The van der Waals surface area contributed by atoms with Crippen molar-refractivity contribution in [3.05, 3.63) is 89.5 Å². The number of hydrogen-bond acceptors (Lipinski definition) is 5. The Balaban J connectivity index is 1.79. The minimum absolute atomic E-state index is 0.0499. The molecule has 3 aromatic rings. The summed E-state index contributed by atoms with van der Waals surface area (Å²) in [7, 11) is -3.89. The Labute approximate surface area is 149 Å². The number of carbonyl (C=O) groups is 2. The van der Waals surface area contributed by atoms with Gasteiger partial charge in [-0.25, -0.2) is 13.2 Å². The lowest BCUT2D eigenvalue weighted by Gasteiger charge is -2.19. The van der Waals surface area contributed by atoms with Crippen molar-refractivity contribution in [1.82, 2.24) is 0 Å². The fourth-order valence-electron chi connectivity index (χ4n) is 2.87. The lowest BCUT2D eigenvalue weighted by Crippen LogP contribution is -2.21. The van der Waals surface area contributed by atoms with Gasteiger partial charge in [-0.3, -0.25) is 4.79 Å². The van der Waals surface area contributed by atoms with Crippen molar-refractivity contribution in [2.24, 2.45) is 0 Å². The van der Waals surface area contributed by atoms with Gasteiger partial charge in [-0.15, -0.1) is 0 Å². The monoisotopic (exact) mass is 364 g/mol. The van der Waals surface area contributed by atoms with E-state index in [9.17, 15) is 18.0 Å². The van der Waals surface area contributed by atoms with Crippen molar-refractivity contribution in [2.75, 3.05) is 0 Å². The molecule has 128 valence electrons. The molecule has 0 unspecified atom stereocenters. The van der Waals surface area contributed by atoms with Crippen LogP contribution in [0.5, 0.6) is 5.75 Å². The van der Waals surface area contributed by atoms with E-state index in [1.807, 2.05) is 0 Å². The van der Waals surface area contributed by atoms with Gasteiger partial charge in [0.25, 0.3) is 0 Å². The molecule has 0 aliphatic carbocycles. The Morgan fingerprint density at radius 3 is 2.19 bits per heavy atom. The van der Waals surface area contributed by atoms with E-state index in [1.54, 1.807) is 42.5 Å². The Hall–Kier alpha value is -3.25. The van der Waals surface area contributed by atoms with Crippen LogP contribution in [0, 0.1) is 0 Å². The van der Waals surface area contributed by atoms with Crippen LogP contribution in [-0.2, 0) is 9.84 Å². The van der Waals surface area contributed by atoms with Crippen molar-refractivity contribution in [1.29, 1.82) is 0 Å². The minimum atomic E-state index is -3.89. The van der Waals surface area contributed by atoms with Crippen LogP contribution in [-0.4, -0.2) is 20.2 Å². The van der Waals surface area contributed by atoms with Crippen LogP contribution < -0.4 is 4.74 Å². The second-order valence-electron chi connectivity index (χ2n) is 5.74. The summed E-state index contributed by atoms with van der Waals surface area (Å²) in [6.45, 7) is 0. The summed E-state index contributed by atoms with van der Waals surface area (Å²) in [6.07, 6.45) is 0. The molecule has 26 heavy (non-hydrogen) atoms. The zero-order chi connectivity index (χ0) is 18.3. The van der Waals surface area contributed by atoms with Gasteiger partial charge in [-0.2, -0.15) is 0 Å². The molecule has 0 bridgehead atoms. The average Bonchev–Trinajstić information content (AvgIpc) is 2.67. The minimum Gasteiger partial charge on any atom is -0.423 e. The SMILES string of the molecule is O=C(Oc1ccccc1)c1ccc2c(c1)S(=O)(=O)c1ccccc1C2=O. The van der Waals surface area contributed by atoms with Crippen molar-refractivity contribution in [3.63, 3.8) is 0 Å². The molecule has 0 saturated carbocycles. The smallest absolute Gasteiger partial charge is 0.343 e. The van der Waals surface area contributed by atoms with Gasteiger partial charge in [-0.1, -0.05) is 30.3 Å². The molecule has 1 aliphatic rings. The number of hydrogen-bond donors (Lipinski definition) is 0. The molecule has 3 aromatic carbocycles. The van der Waals surface area contributed by atoms with Crippen LogP contribution in [0.3, 0.4) is 0 Å². The number of para-hydroxylation sites is 1. The molecule has 1 heterocycles. The average molecular weight is 364 g/mol. The number of ether oxygens (including phenoxy) is 1. The molecular formula is C20H12O5S. The Morgan fingerprint density at radius 2 is 1.42 bits per heavy atom. The van der Waals surface area contributed by atoms with E-state index in [0.717, 1.165) is 0 Å². The number of ketones is 1. The highest BCUT2D eigenvalue weighted by Crippen LogP contribution is 2.34. The van der Waals surface area contributed by atoms with Gasteiger partial charge < -0.3 is 4.74 Å². The first-order valence-electron chi connectivity index (χ1n) is 7.78. The molecule has 0 aromatic heterocycles. The number of fused-ring (bicyclic) bond motifs is 2.